The van der Waals surface area contributed by atoms with Crippen LogP contribution in [0.4, 0.5) is 5.69 Å². The third-order valence-corrected chi connectivity index (χ3v) is 4.66. The molecule has 0 bridgehead atoms. The topological polar surface area (TPSA) is 100 Å². The molecule has 0 aliphatic carbocycles. The van der Waals surface area contributed by atoms with Crippen LogP contribution in [0.1, 0.15) is 26.5 Å². The van der Waals surface area contributed by atoms with Gasteiger partial charge in [-0.25, -0.2) is 4.98 Å². The van der Waals surface area contributed by atoms with Crippen molar-refractivity contribution in [3.63, 3.8) is 0 Å². The van der Waals surface area contributed by atoms with E-state index in [1.165, 1.54) is 10.9 Å². The Hall–Kier alpha value is -3.22. The summed E-state index contributed by atoms with van der Waals surface area (Å²) in [6.07, 6.45) is 3.99. The van der Waals surface area contributed by atoms with Crippen LogP contribution in [0.2, 0.25) is 0 Å². The Morgan fingerprint density at radius 3 is 2.68 bits per heavy atom. The molecule has 0 aliphatic rings. The first kappa shape index (κ1) is 19.5. The molecule has 0 saturated heterocycles. The summed E-state index contributed by atoms with van der Waals surface area (Å²) < 4.78 is 6.46. The third-order valence-electron chi connectivity index (χ3n) is 4.66. The van der Waals surface area contributed by atoms with E-state index in [9.17, 15) is 9.59 Å². The zero-order chi connectivity index (χ0) is 20.3. The number of pyridine rings is 1. The van der Waals surface area contributed by atoms with Gasteiger partial charge in [0, 0.05) is 18.3 Å². The molecule has 0 aliphatic heterocycles. The fourth-order valence-corrected chi connectivity index (χ4v) is 3.09. The van der Waals surface area contributed by atoms with Crippen LogP contribution in [-0.2, 0) is 22.5 Å². The van der Waals surface area contributed by atoms with Crippen LogP contribution in [0.5, 0.6) is 0 Å². The third kappa shape index (κ3) is 3.88. The summed E-state index contributed by atoms with van der Waals surface area (Å²) in [5.74, 6) is -0.772. The Morgan fingerprint density at radius 2 is 2.00 bits per heavy atom. The van der Waals surface area contributed by atoms with Crippen molar-refractivity contribution in [1.82, 2.24) is 14.5 Å². The SMILES string of the molecule is CCOC(=O)C(C)Cn1cnc2ccc(-c3cnc(CC)c(N)c3)cc2c1=O. The molecule has 2 N–H and O–H groups in total. The highest BCUT2D eigenvalue weighted by Crippen LogP contribution is 2.24. The number of anilines is 1. The molecular weight excluding hydrogens is 356 g/mol. The molecule has 0 amide bonds. The van der Waals surface area contributed by atoms with Crippen molar-refractivity contribution >= 4 is 22.6 Å². The maximum Gasteiger partial charge on any atom is 0.310 e. The zero-order valence-corrected chi connectivity index (χ0v) is 16.3. The monoisotopic (exact) mass is 380 g/mol. The Morgan fingerprint density at radius 1 is 1.21 bits per heavy atom. The molecule has 7 nitrogen and oxygen atoms in total. The number of esters is 1. The first-order valence-electron chi connectivity index (χ1n) is 9.35. The molecule has 1 atom stereocenters. The molecule has 2 heterocycles. The molecule has 7 heteroatoms. The van der Waals surface area contributed by atoms with E-state index in [0.29, 0.717) is 23.2 Å². The minimum Gasteiger partial charge on any atom is -0.466 e. The predicted molar refractivity (Wildman–Crippen MR) is 109 cm³/mol. The van der Waals surface area contributed by atoms with E-state index in [4.69, 9.17) is 10.5 Å². The van der Waals surface area contributed by atoms with Gasteiger partial charge in [-0.3, -0.25) is 19.1 Å². The van der Waals surface area contributed by atoms with Gasteiger partial charge in [-0.1, -0.05) is 19.9 Å². The quantitative estimate of drug-likeness (QED) is 0.660. The Balaban J connectivity index is 1.99. The smallest absolute Gasteiger partial charge is 0.310 e. The van der Waals surface area contributed by atoms with Crippen molar-refractivity contribution in [1.29, 1.82) is 0 Å². The number of aryl methyl sites for hydroxylation is 1. The maximum atomic E-state index is 12.9. The lowest BCUT2D eigenvalue weighted by Crippen LogP contribution is -2.27. The van der Waals surface area contributed by atoms with E-state index in [1.807, 2.05) is 19.1 Å². The van der Waals surface area contributed by atoms with Crippen molar-refractivity contribution in [2.45, 2.75) is 33.7 Å². The highest BCUT2D eigenvalue weighted by molar-refractivity contribution is 5.84. The summed E-state index contributed by atoms with van der Waals surface area (Å²) in [4.78, 5) is 33.5. The summed E-state index contributed by atoms with van der Waals surface area (Å²) in [5, 5.41) is 0.481. The van der Waals surface area contributed by atoms with Crippen LogP contribution >= 0.6 is 0 Å². The average molecular weight is 380 g/mol. The molecule has 28 heavy (non-hydrogen) atoms. The van der Waals surface area contributed by atoms with Gasteiger partial charge in [-0.05, 0) is 37.1 Å². The van der Waals surface area contributed by atoms with Crippen molar-refractivity contribution in [3.8, 4) is 11.1 Å². The second kappa shape index (κ2) is 8.21. The summed E-state index contributed by atoms with van der Waals surface area (Å²) >= 11 is 0. The van der Waals surface area contributed by atoms with Crippen LogP contribution < -0.4 is 11.3 Å². The predicted octanol–water partition coefficient (Wildman–Crippen LogP) is 2.80. The Labute approximate surface area is 163 Å². The van der Waals surface area contributed by atoms with Crippen molar-refractivity contribution in [3.05, 3.63) is 52.8 Å². The molecule has 0 fully saturated rings. The molecule has 3 rings (SSSR count). The number of carbonyl (C=O) groups is 1. The number of nitrogens with two attached hydrogens (primary N) is 1. The average Bonchev–Trinajstić information content (AvgIpc) is 2.70. The second-order valence-electron chi connectivity index (χ2n) is 6.70. The van der Waals surface area contributed by atoms with Crippen LogP contribution in [0.3, 0.4) is 0 Å². The van der Waals surface area contributed by atoms with Crippen LogP contribution in [0, 0.1) is 5.92 Å². The minimum atomic E-state index is -0.439. The van der Waals surface area contributed by atoms with Gasteiger partial charge in [0.05, 0.1) is 41.1 Å². The zero-order valence-electron chi connectivity index (χ0n) is 16.3. The van der Waals surface area contributed by atoms with Crippen molar-refractivity contribution < 1.29 is 9.53 Å². The Kier molecular flexibility index (Phi) is 5.73. The molecule has 3 aromatic rings. The number of carbonyl (C=O) groups excluding carboxylic acids is 1. The van der Waals surface area contributed by atoms with E-state index in [1.54, 1.807) is 32.2 Å². The highest BCUT2D eigenvalue weighted by atomic mass is 16.5. The largest absolute Gasteiger partial charge is 0.466 e. The number of hydrogen-bond donors (Lipinski definition) is 1. The van der Waals surface area contributed by atoms with E-state index >= 15 is 0 Å². The number of ether oxygens (including phenoxy) is 1. The Bertz CT molecular complexity index is 1070. The molecule has 1 aromatic carbocycles. The van der Waals surface area contributed by atoms with E-state index in [-0.39, 0.29) is 18.1 Å². The first-order chi connectivity index (χ1) is 13.4. The van der Waals surface area contributed by atoms with E-state index < -0.39 is 5.92 Å². The molecule has 0 saturated carbocycles. The van der Waals surface area contributed by atoms with Gasteiger partial charge in [0.2, 0.25) is 0 Å². The fourth-order valence-electron chi connectivity index (χ4n) is 3.09. The lowest BCUT2D eigenvalue weighted by atomic mass is 10.0. The summed E-state index contributed by atoms with van der Waals surface area (Å²) in [5.41, 5.74) is 9.61. The normalized spacial score (nSPS) is 12.1. The van der Waals surface area contributed by atoms with E-state index in [0.717, 1.165) is 23.2 Å². The summed E-state index contributed by atoms with van der Waals surface area (Å²) in [7, 11) is 0. The van der Waals surface area contributed by atoms with Gasteiger partial charge in [0.1, 0.15) is 0 Å². The number of benzene rings is 1. The van der Waals surface area contributed by atoms with E-state index in [2.05, 4.69) is 9.97 Å². The van der Waals surface area contributed by atoms with Crippen LogP contribution in [0.15, 0.2) is 41.6 Å². The van der Waals surface area contributed by atoms with Gasteiger partial charge < -0.3 is 10.5 Å². The number of nitrogen functional groups attached to an aromatic ring is 1. The van der Waals surface area contributed by atoms with Gasteiger partial charge in [0.15, 0.2) is 0 Å². The van der Waals surface area contributed by atoms with Gasteiger partial charge in [-0.15, -0.1) is 0 Å². The fraction of sp³-hybridized carbons (Fsp3) is 0.333. The summed E-state index contributed by atoms with van der Waals surface area (Å²) in [6, 6.07) is 7.35. The number of nitrogens with zero attached hydrogens (tertiary/aromatic N) is 3. The van der Waals surface area contributed by atoms with Gasteiger partial charge in [-0.2, -0.15) is 0 Å². The summed E-state index contributed by atoms with van der Waals surface area (Å²) in [6.45, 7) is 6.01. The standard InChI is InChI=1S/C21H24N4O3/c1-4-18-17(22)9-15(10-23-18)14-6-7-19-16(8-14)20(26)25(12-24-19)11-13(3)21(27)28-5-2/h6-10,12-13H,4-5,11,22H2,1-3H3. The highest BCUT2D eigenvalue weighted by Gasteiger charge is 2.16. The van der Waals surface area contributed by atoms with Crippen LogP contribution in [-0.4, -0.2) is 27.1 Å². The van der Waals surface area contributed by atoms with Crippen molar-refractivity contribution in [2.24, 2.45) is 5.92 Å². The second-order valence-corrected chi connectivity index (χ2v) is 6.70. The number of rotatable bonds is 6. The maximum absolute atomic E-state index is 12.9. The first-order valence-corrected chi connectivity index (χ1v) is 9.35. The molecular formula is C21H24N4O3. The number of hydrogen-bond acceptors (Lipinski definition) is 6. The molecule has 1 unspecified atom stereocenters. The lowest BCUT2D eigenvalue weighted by molar-refractivity contribution is -0.147. The van der Waals surface area contributed by atoms with Crippen LogP contribution in [0.25, 0.3) is 22.0 Å². The number of fused-ring (bicyclic) bond motifs is 1. The van der Waals surface area contributed by atoms with Gasteiger partial charge >= 0.3 is 5.97 Å². The molecule has 0 spiro atoms. The van der Waals surface area contributed by atoms with Crippen molar-refractivity contribution in [2.75, 3.05) is 12.3 Å². The lowest BCUT2D eigenvalue weighted by Gasteiger charge is -2.13. The number of aromatic nitrogens is 3. The molecule has 0 radical (unpaired) electrons. The van der Waals surface area contributed by atoms with Gasteiger partial charge in [0.25, 0.3) is 5.56 Å². The minimum absolute atomic E-state index is 0.200. The molecule has 146 valence electrons. The molecule has 2 aromatic heterocycles.